The number of anilines is 1. The molecule has 3 heterocycles. The Hall–Kier alpha value is -3.66. The molecule has 10 heteroatoms. The van der Waals surface area contributed by atoms with Crippen molar-refractivity contribution in [2.24, 2.45) is 9.98 Å². The molecule has 2 aromatic heterocycles. The van der Waals surface area contributed by atoms with Crippen molar-refractivity contribution in [1.82, 2.24) is 19.9 Å². The lowest BCUT2D eigenvalue weighted by atomic mass is 9.93. The molecular weight excluding hydrogens is 461 g/mol. The molecule has 0 bridgehead atoms. The van der Waals surface area contributed by atoms with Gasteiger partial charge in [0, 0.05) is 60.9 Å². The first-order valence-electron chi connectivity index (χ1n) is 11.9. The lowest BCUT2D eigenvalue weighted by Gasteiger charge is -2.33. The van der Waals surface area contributed by atoms with Crippen LogP contribution in [0.15, 0.2) is 50.7 Å². The van der Waals surface area contributed by atoms with Crippen molar-refractivity contribution in [2.45, 2.75) is 33.1 Å². The molecule has 36 heavy (non-hydrogen) atoms. The Bertz CT molecular complexity index is 1280. The van der Waals surface area contributed by atoms with Crippen molar-refractivity contribution in [3.63, 3.8) is 0 Å². The average Bonchev–Trinajstić information content (AvgIpc) is 3.44. The van der Waals surface area contributed by atoms with E-state index in [2.05, 4.69) is 69.8 Å². The number of halogens is 1. The third-order valence-electron chi connectivity index (χ3n) is 6.02. The second-order valence-electron chi connectivity index (χ2n) is 10.0. The summed E-state index contributed by atoms with van der Waals surface area (Å²) in [7, 11) is 2.09. The first kappa shape index (κ1) is 25.4. The minimum absolute atomic E-state index is 0.0229. The number of aryl methyl sites for hydroxylation is 1. The fraction of sp³-hybridized carbons (Fsp3) is 0.423. The van der Waals surface area contributed by atoms with E-state index in [9.17, 15) is 4.39 Å². The number of nitrogens with zero attached hydrogens (tertiary/aromatic N) is 5. The maximum Gasteiger partial charge on any atom is 0.181 e. The van der Waals surface area contributed by atoms with Crippen molar-refractivity contribution in [3.05, 3.63) is 53.4 Å². The molecule has 3 aromatic rings. The highest BCUT2D eigenvalue weighted by Gasteiger charge is 2.21. The SMILES string of the molecule is C=N/C(=C\C(=N/COc1cc(F)c2[nH]c(C)cc2c1)N1CCN(C)CC1)Nc1cc(C(C)(C)C)on1. The Kier molecular flexibility index (Phi) is 7.44. The standard InChI is InChI=1S/C26H34FN7O2/c1-17-11-18-12-19(13-20(27)25(18)30-17)35-16-29-24(34-9-7-33(6)8-10-34)15-22(28-5)31-23-14-21(36-32-23)26(2,3)4/h11-15,30H,5,7-10,16H2,1-4,6H3,(H,31,32)/b22-15+,29-24+. The summed E-state index contributed by atoms with van der Waals surface area (Å²) >= 11 is 0. The maximum absolute atomic E-state index is 14.5. The van der Waals surface area contributed by atoms with Crippen LogP contribution < -0.4 is 10.1 Å². The number of likely N-dealkylation sites (N-methyl/N-ethyl adjacent to an activating group) is 1. The monoisotopic (exact) mass is 495 g/mol. The smallest absolute Gasteiger partial charge is 0.181 e. The van der Waals surface area contributed by atoms with Crippen molar-refractivity contribution in [2.75, 3.05) is 45.3 Å². The van der Waals surface area contributed by atoms with Crippen LogP contribution in [0.5, 0.6) is 5.75 Å². The number of rotatable bonds is 7. The number of aromatic nitrogens is 2. The Balaban J connectivity index is 1.54. The van der Waals surface area contributed by atoms with E-state index < -0.39 is 0 Å². The van der Waals surface area contributed by atoms with Crippen LogP contribution in [0.4, 0.5) is 10.2 Å². The number of benzene rings is 1. The number of fused-ring (bicyclic) bond motifs is 1. The van der Waals surface area contributed by atoms with Crippen LogP contribution in [-0.2, 0) is 5.41 Å². The van der Waals surface area contributed by atoms with E-state index in [1.54, 1.807) is 6.07 Å². The number of amidine groups is 1. The molecule has 0 aliphatic carbocycles. The van der Waals surface area contributed by atoms with Gasteiger partial charge in [0.2, 0.25) is 0 Å². The topological polar surface area (TPSA) is 94.3 Å². The predicted octanol–water partition coefficient (Wildman–Crippen LogP) is 4.54. The van der Waals surface area contributed by atoms with Gasteiger partial charge in [-0.2, -0.15) is 0 Å². The molecule has 4 rings (SSSR count). The molecular formula is C26H34FN7O2. The first-order chi connectivity index (χ1) is 17.1. The lowest BCUT2D eigenvalue weighted by molar-refractivity contribution is 0.214. The zero-order valence-corrected chi connectivity index (χ0v) is 21.6. The van der Waals surface area contributed by atoms with Gasteiger partial charge in [-0.3, -0.25) is 0 Å². The highest BCUT2D eigenvalue weighted by molar-refractivity contribution is 5.94. The fourth-order valence-electron chi connectivity index (χ4n) is 3.91. The van der Waals surface area contributed by atoms with Gasteiger partial charge >= 0.3 is 0 Å². The Morgan fingerprint density at radius 1 is 1.25 bits per heavy atom. The van der Waals surface area contributed by atoms with E-state index in [0.29, 0.717) is 28.7 Å². The van der Waals surface area contributed by atoms with E-state index in [1.807, 2.05) is 25.1 Å². The molecule has 0 radical (unpaired) electrons. The second-order valence-corrected chi connectivity index (χ2v) is 10.0. The van der Waals surface area contributed by atoms with E-state index in [1.165, 1.54) is 6.07 Å². The number of hydrogen-bond donors (Lipinski definition) is 2. The molecule has 9 nitrogen and oxygen atoms in total. The van der Waals surface area contributed by atoms with Gasteiger partial charge in [-0.1, -0.05) is 25.9 Å². The molecule has 0 unspecified atom stereocenters. The van der Waals surface area contributed by atoms with Crippen LogP contribution in [0.25, 0.3) is 10.9 Å². The van der Waals surface area contributed by atoms with Crippen LogP contribution >= 0.6 is 0 Å². The molecule has 1 aromatic carbocycles. The van der Waals surface area contributed by atoms with Gasteiger partial charge in [-0.05, 0) is 32.8 Å². The normalized spacial score (nSPS) is 16.0. The Labute approximate surface area is 210 Å². The van der Waals surface area contributed by atoms with Crippen LogP contribution in [0.3, 0.4) is 0 Å². The average molecular weight is 496 g/mol. The summed E-state index contributed by atoms with van der Waals surface area (Å²) in [6.45, 7) is 15.2. The summed E-state index contributed by atoms with van der Waals surface area (Å²) in [5, 5.41) is 8.01. The number of aliphatic imine (C=N–C) groups is 2. The van der Waals surface area contributed by atoms with Crippen molar-refractivity contribution < 1.29 is 13.7 Å². The number of nitrogens with one attached hydrogen (secondary N) is 2. The zero-order valence-electron chi connectivity index (χ0n) is 21.6. The van der Waals surface area contributed by atoms with E-state index in [4.69, 9.17) is 9.26 Å². The fourth-order valence-corrected chi connectivity index (χ4v) is 3.91. The van der Waals surface area contributed by atoms with Gasteiger partial charge in [-0.15, -0.1) is 0 Å². The number of aromatic amines is 1. The quantitative estimate of drug-likeness (QED) is 0.369. The molecule has 0 amide bonds. The summed E-state index contributed by atoms with van der Waals surface area (Å²) in [5.74, 6) is 2.54. The number of hydrogen-bond acceptors (Lipinski definition) is 7. The Morgan fingerprint density at radius 2 is 2.00 bits per heavy atom. The molecule has 1 aliphatic rings. The minimum atomic E-state index is -0.358. The molecule has 192 valence electrons. The van der Waals surface area contributed by atoms with Crippen molar-refractivity contribution in [3.8, 4) is 5.75 Å². The Morgan fingerprint density at radius 3 is 2.67 bits per heavy atom. The molecule has 1 saturated heterocycles. The lowest BCUT2D eigenvalue weighted by Crippen LogP contribution is -2.47. The number of ether oxygens (including phenoxy) is 1. The van der Waals surface area contributed by atoms with E-state index in [-0.39, 0.29) is 18.0 Å². The van der Waals surface area contributed by atoms with Crippen LogP contribution in [0.2, 0.25) is 0 Å². The van der Waals surface area contributed by atoms with Gasteiger partial charge in [-0.25, -0.2) is 14.4 Å². The molecule has 0 spiro atoms. The predicted molar refractivity (Wildman–Crippen MR) is 141 cm³/mol. The number of piperazine rings is 1. The number of H-pyrrole nitrogens is 1. The van der Waals surface area contributed by atoms with Crippen LogP contribution in [0.1, 0.15) is 32.2 Å². The minimum Gasteiger partial charge on any atom is -0.471 e. The van der Waals surface area contributed by atoms with E-state index in [0.717, 1.165) is 43.0 Å². The summed E-state index contributed by atoms with van der Waals surface area (Å²) < 4.78 is 25.7. The van der Waals surface area contributed by atoms with Crippen molar-refractivity contribution in [1.29, 1.82) is 0 Å². The van der Waals surface area contributed by atoms with Crippen molar-refractivity contribution >= 4 is 29.3 Å². The van der Waals surface area contributed by atoms with Crippen LogP contribution in [-0.4, -0.2) is 72.5 Å². The third kappa shape index (κ3) is 6.12. The largest absolute Gasteiger partial charge is 0.471 e. The molecule has 0 saturated carbocycles. The molecule has 0 atom stereocenters. The van der Waals surface area contributed by atoms with Gasteiger partial charge in [0.15, 0.2) is 18.4 Å². The highest BCUT2D eigenvalue weighted by Crippen LogP contribution is 2.26. The second kappa shape index (κ2) is 10.5. The molecule has 2 N–H and O–H groups in total. The summed E-state index contributed by atoms with van der Waals surface area (Å²) in [5.41, 5.74) is 1.20. The van der Waals surface area contributed by atoms with E-state index >= 15 is 0 Å². The highest BCUT2D eigenvalue weighted by atomic mass is 19.1. The molecule has 1 aliphatic heterocycles. The third-order valence-corrected chi connectivity index (χ3v) is 6.02. The van der Waals surface area contributed by atoms with Crippen LogP contribution in [0, 0.1) is 12.7 Å². The zero-order chi connectivity index (χ0) is 25.9. The summed E-state index contributed by atoms with van der Waals surface area (Å²) in [6, 6.07) is 6.91. The summed E-state index contributed by atoms with van der Waals surface area (Å²) in [4.78, 5) is 16.3. The van der Waals surface area contributed by atoms with Gasteiger partial charge in [0.1, 0.15) is 23.2 Å². The van der Waals surface area contributed by atoms with Gasteiger partial charge < -0.3 is 29.4 Å². The summed E-state index contributed by atoms with van der Waals surface area (Å²) in [6.07, 6.45) is 1.81. The molecule has 1 fully saturated rings. The van der Waals surface area contributed by atoms with Gasteiger partial charge in [0.05, 0.1) is 5.52 Å². The first-order valence-corrected chi connectivity index (χ1v) is 11.9. The maximum atomic E-state index is 14.5. The van der Waals surface area contributed by atoms with Gasteiger partial charge in [0.25, 0.3) is 0 Å².